The Labute approximate surface area is 116 Å². The van der Waals surface area contributed by atoms with Crippen LogP contribution >= 0.6 is 15.9 Å². The van der Waals surface area contributed by atoms with Crippen molar-refractivity contribution < 1.29 is 8.78 Å². The van der Waals surface area contributed by atoms with E-state index in [2.05, 4.69) is 28.2 Å². The smallest absolute Gasteiger partial charge is 0.143 e. The highest BCUT2D eigenvalue weighted by Crippen LogP contribution is 2.24. The van der Waals surface area contributed by atoms with E-state index >= 15 is 0 Å². The van der Waals surface area contributed by atoms with Gasteiger partial charge in [0.25, 0.3) is 0 Å². The molecule has 18 heavy (non-hydrogen) atoms. The number of hydrogen-bond donors (Lipinski definition) is 1. The quantitative estimate of drug-likeness (QED) is 0.583. The molecule has 0 aliphatic rings. The SMILES string of the molecule is CCCNCC(CC)Cc1c(F)ccc(Br)c1F. The third-order valence-electron chi connectivity index (χ3n) is 3.07. The number of hydrogen-bond acceptors (Lipinski definition) is 1. The summed E-state index contributed by atoms with van der Waals surface area (Å²) in [7, 11) is 0. The molecule has 1 aromatic carbocycles. The Kier molecular flexibility index (Phi) is 6.79. The van der Waals surface area contributed by atoms with E-state index in [1.807, 2.05) is 6.92 Å². The fourth-order valence-corrected chi connectivity index (χ4v) is 2.26. The molecular formula is C14H20BrF2N. The molecule has 0 spiro atoms. The summed E-state index contributed by atoms with van der Waals surface area (Å²) in [5.41, 5.74) is 0.189. The highest BCUT2D eigenvalue weighted by molar-refractivity contribution is 9.10. The summed E-state index contributed by atoms with van der Waals surface area (Å²) in [4.78, 5) is 0. The summed E-state index contributed by atoms with van der Waals surface area (Å²) < 4.78 is 27.8. The molecular weight excluding hydrogens is 300 g/mol. The van der Waals surface area contributed by atoms with E-state index in [4.69, 9.17) is 0 Å². The second-order valence-electron chi connectivity index (χ2n) is 4.50. The van der Waals surface area contributed by atoms with E-state index in [1.54, 1.807) is 0 Å². The van der Waals surface area contributed by atoms with E-state index in [0.717, 1.165) is 25.9 Å². The van der Waals surface area contributed by atoms with Crippen molar-refractivity contribution in [1.82, 2.24) is 5.32 Å². The van der Waals surface area contributed by atoms with Crippen LogP contribution < -0.4 is 5.32 Å². The van der Waals surface area contributed by atoms with Crippen molar-refractivity contribution in [2.75, 3.05) is 13.1 Å². The molecule has 1 nitrogen and oxygen atoms in total. The maximum absolute atomic E-state index is 13.8. The van der Waals surface area contributed by atoms with Gasteiger partial charge >= 0.3 is 0 Å². The van der Waals surface area contributed by atoms with Gasteiger partial charge in [0.1, 0.15) is 11.6 Å². The topological polar surface area (TPSA) is 12.0 Å². The Bertz CT molecular complexity index is 382. The molecule has 1 N–H and O–H groups in total. The van der Waals surface area contributed by atoms with Crippen LogP contribution in [0.1, 0.15) is 32.3 Å². The molecule has 1 rings (SSSR count). The van der Waals surface area contributed by atoms with Crippen LogP contribution in [0.2, 0.25) is 0 Å². The van der Waals surface area contributed by atoms with E-state index < -0.39 is 11.6 Å². The zero-order valence-corrected chi connectivity index (χ0v) is 12.5. The van der Waals surface area contributed by atoms with Crippen LogP contribution in [0, 0.1) is 17.6 Å². The first-order valence-electron chi connectivity index (χ1n) is 6.43. The van der Waals surface area contributed by atoms with Gasteiger partial charge in [-0.05, 0) is 59.9 Å². The normalized spacial score (nSPS) is 12.7. The highest BCUT2D eigenvalue weighted by Gasteiger charge is 2.16. The van der Waals surface area contributed by atoms with Gasteiger partial charge in [0.15, 0.2) is 0 Å². The average molecular weight is 320 g/mol. The van der Waals surface area contributed by atoms with E-state index in [0.29, 0.717) is 10.9 Å². The zero-order valence-electron chi connectivity index (χ0n) is 10.9. The van der Waals surface area contributed by atoms with Gasteiger partial charge in [0.2, 0.25) is 0 Å². The predicted octanol–water partition coefficient (Wildman–Crippen LogP) is 4.30. The second-order valence-corrected chi connectivity index (χ2v) is 5.36. The van der Waals surface area contributed by atoms with E-state index in [1.165, 1.54) is 12.1 Å². The molecule has 0 aromatic heterocycles. The molecule has 0 aliphatic heterocycles. The fraction of sp³-hybridized carbons (Fsp3) is 0.571. The Morgan fingerprint density at radius 1 is 1.28 bits per heavy atom. The standard InChI is InChI=1S/C14H20BrF2N/c1-3-7-18-9-10(4-2)8-11-13(16)6-5-12(15)14(11)17/h5-6,10,18H,3-4,7-9H2,1-2H3. The molecule has 102 valence electrons. The zero-order chi connectivity index (χ0) is 13.5. The first-order valence-corrected chi connectivity index (χ1v) is 7.22. The van der Waals surface area contributed by atoms with Crippen molar-refractivity contribution >= 4 is 15.9 Å². The van der Waals surface area contributed by atoms with Crippen LogP contribution in [0.4, 0.5) is 8.78 Å². The molecule has 0 heterocycles. The number of rotatable bonds is 7. The molecule has 1 unspecified atom stereocenters. The molecule has 0 saturated heterocycles. The van der Waals surface area contributed by atoms with Crippen molar-refractivity contribution in [2.24, 2.45) is 5.92 Å². The van der Waals surface area contributed by atoms with E-state index in [-0.39, 0.29) is 11.5 Å². The Morgan fingerprint density at radius 3 is 2.61 bits per heavy atom. The largest absolute Gasteiger partial charge is 0.316 e. The van der Waals surface area contributed by atoms with Gasteiger partial charge in [0.05, 0.1) is 4.47 Å². The predicted molar refractivity (Wildman–Crippen MR) is 74.7 cm³/mol. The van der Waals surface area contributed by atoms with Crippen LogP contribution in [0.25, 0.3) is 0 Å². The Morgan fingerprint density at radius 2 is 2.00 bits per heavy atom. The minimum atomic E-state index is -0.469. The van der Waals surface area contributed by atoms with Gasteiger partial charge in [-0.15, -0.1) is 0 Å². The lowest BCUT2D eigenvalue weighted by atomic mass is 9.96. The number of nitrogens with one attached hydrogen (secondary N) is 1. The maximum Gasteiger partial charge on any atom is 0.143 e. The molecule has 0 bridgehead atoms. The van der Waals surface area contributed by atoms with E-state index in [9.17, 15) is 8.78 Å². The first-order chi connectivity index (χ1) is 8.60. The molecule has 4 heteroatoms. The molecule has 0 saturated carbocycles. The number of halogens is 3. The lowest BCUT2D eigenvalue weighted by Crippen LogP contribution is -2.25. The van der Waals surface area contributed by atoms with Crippen LogP contribution in [-0.4, -0.2) is 13.1 Å². The summed E-state index contributed by atoms with van der Waals surface area (Å²) in [6, 6.07) is 2.72. The monoisotopic (exact) mass is 319 g/mol. The van der Waals surface area contributed by atoms with Crippen LogP contribution in [-0.2, 0) is 6.42 Å². The van der Waals surface area contributed by atoms with Gasteiger partial charge in [0, 0.05) is 5.56 Å². The van der Waals surface area contributed by atoms with Gasteiger partial charge in [-0.3, -0.25) is 0 Å². The van der Waals surface area contributed by atoms with Gasteiger partial charge in [-0.25, -0.2) is 8.78 Å². The number of benzene rings is 1. The van der Waals surface area contributed by atoms with Crippen molar-refractivity contribution in [1.29, 1.82) is 0 Å². The molecule has 0 aliphatic carbocycles. The minimum absolute atomic E-state index is 0.189. The first kappa shape index (κ1) is 15.6. The van der Waals surface area contributed by atoms with Crippen molar-refractivity contribution in [3.8, 4) is 0 Å². The Hall–Kier alpha value is -0.480. The molecule has 0 fully saturated rings. The Balaban J connectivity index is 2.72. The van der Waals surface area contributed by atoms with Crippen molar-refractivity contribution in [3.05, 3.63) is 33.8 Å². The summed E-state index contributed by atoms with van der Waals surface area (Å²) in [5.74, 6) is -0.663. The summed E-state index contributed by atoms with van der Waals surface area (Å²) in [6.45, 7) is 5.89. The summed E-state index contributed by atoms with van der Waals surface area (Å²) >= 11 is 3.10. The molecule has 0 amide bonds. The third-order valence-corrected chi connectivity index (χ3v) is 3.68. The summed E-state index contributed by atoms with van der Waals surface area (Å²) in [5, 5.41) is 3.30. The van der Waals surface area contributed by atoms with Gasteiger partial charge < -0.3 is 5.32 Å². The average Bonchev–Trinajstić information content (AvgIpc) is 2.37. The fourth-order valence-electron chi connectivity index (χ4n) is 1.89. The lowest BCUT2D eigenvalue weighted by molar-refractivity contribution is 0.438. The highest BCUT2D eigenvalue weighted by atomic mass is 79.9. The molecule has 1 atom stereocenters. The van der Waals surface area contributed by atoms with Crippen LogP contribution in [0.3, 0.4) is 0 Å². The minimum Gasteiger partial charge on any atom is -0.316 e. The molecule has 1 aromatic rings. The second kappa shape index (κ2) is 7.85. The van der Waals surface area contributed by atoms with Gasteiger partial charge in [-0.1, -0.05) is 20.3 Å². The third kappa shape index (κ3) is 4.32. The lowest BCUT2D eigenvalue weighted by Gasteiger charge is -2.17. The summed E-state index contributed by atoms with van der Waals surface area (Å²) in [6.07, 6.45) is 2.41. The van der Waals surface area contributed by atoms with Gasteiger partial charge in [-0.2, -0.15) is 0 Å². The van der Waals surface area contributed by atoms with Crippen LogP contribution in [0.15, 0.2) is 16.6 Å². The van der Waals surface area contributed by atoms with Crippen LogP contribution in [0.5, 0.6) is 0 Å². The molecule has 0 radical (unpaired) electrons. The van der Waals surface area contributed by atoms with Crippen molar-refractivity contribution in [3.63, 3.8) is 0 Å². The maximum atomic E-state index is 13.8. The van der Waals surface area contributed by atoms with Crippen molar-refractivity contribution in [2.45, 2.75) is 33.1 Å².